The van der Waals surface area contributed by atoms with Gasteiger partial charge >= 0.3 is 6.03 Å². The van der Waals surface area contributed by atoms with E-state index < -0.39 is 23.8 Å². The highest BCUT2D eigenvalue weighted by Crippen LogP contribution is 2.26. The largest absolute Gasteiger partial charge is 0.457 e. The molecule has 1 heterocycles. The van der Waals surface area contributed by atoms with Crippen LogP contribution in [0.4, 0.5) is 4.79 Å². The molecule has 2 N–H and O–H groups in total. The summed E-state index contributed by atoms with van der Waals surface area (Å²) in [7, 11) is 0. The standard InChI is InChI=1S/C16H11ClN2O4/c17-10-3-7-12(8-4-10)23-11-5-1-9(2-6-11)13-14(20)18-16(22)19-15(13)21/h1-8,13H,(H2,18,19,20,21,22). The summed E-state index contributed by atoms with van der Waals surface area (Å²) in [5, 5.41) is 4.74. The van der Waals surface area contributed by atoms with Gasteiger partial charge < -0.3 is 4.74 Å². The number of halogens is 1. The second kappa shape index (κ2) is 6.10. The van der Waals surface area contributed by atoms with Crippen LogP contribution in [-0.2, 0) is 9.59 Å². The Morgan fingerprint density at radius 1 is 0.783 bits per heavy atom. The summed E-state index contributed by atoms with van der Waals surface area (Å²) in [6.07, 6.45) is 0. The highest BCUT2D eigenvalue weighted by molar-refractivity contribution is 6.30. The van der Waals surface area contributed by atoms with Gasteiger partial charge in [-0.3, -0.25) is 20.2 Å². The Balaban J connectivity index is 1.76. The van der Waals surface area contributed by atoms with Crippen molar-refractivity contribution < 1.29 is 19.1 Å². The Labute approximate surface area is 136 Å². The molecule has 23 heavy (non-hydrogen) atoms. The van der Waals surface area contributed by atoms with E-state index in [0.29, 0.717) is 22.1 Å². The average molecular weight is 331 g/mol. The van der Waals surface area contributed by atoms with Crippen molar-refractivity contribution in [2.45, 2.75) is 5.92 Å². The predicted molar refractivity (Wildman–Crippen MR) is 82.4 cm³/mol. The molecule has 7 heteroatoms. The molecule has 0 bridgehead atoms. The van der Waals surface area contributed by atoms with Crippen LogP contribution in [0.3, 0.4) is 0 Å². The van der Waals surface area contributed by atoms with Crippen molar-refractivity contribution in [2.75, 3.05) is 0 Å². The minimum atomic E-state index is -1.06. The van der Waals surface area contributed by atoms with Crippen LogP contribution in [0.1, 0.15) is 11.5 Å². The molecular formula is C16H11ClN2O4. The Kier molecular flexibility index (Phi) is 3.99. The lowest BCUT2D eigenvalue weighted by Crippen LogP contribution is -2.54. The van der Waals surface area contributed by atoms with E-state index in [1.807, 2.05) is 0 Å². The first-order valence-electron chi connectivity index (χ1n) is 6.72. The average Bonchev–Trinajstić information content (AvgIpc) is 2.50. The molecule has 6 nitrogen and oxygen atoms in total. The zero-order valence-corrected chi connectivity index (χ0v) is 12.5. The van der Waals surface area contributed by atoms with Crippen molar-refractivity contribution in [3.8, 4) is 11.5 Å². The number of imide groups is 2. The highest BCUT2D eigenvalue weighted by Gasteiger charge is 2.35. The highest BCUT2D eigenvalue weighted by atomic mass is 35.5. The predicted octanol–water partition coefficient (Wildman–Crippen LogP) is 2.58. The molecule has 3 rings (SSSR count). The van der Waals surface area contributed by atoms with Gasteiger partial charge in [0.25, 0.3) is 0 Å². The van der Waals surface area contributed by atoms with Crippen molar-refractivity contribution >= 4 is 29.4 Å². The minimum Gasteiger partial charge on any atom is -0.457 e. The number of rotatable bonds is 3. The van der Waals surface area contributed by atoms with E-state index in [1.54, 1.807) is 48.5 Å². The first kappa shape index (κ1) is 15.1. The molecule has 0 radical (unpaired) electrons. The fraction of sp³-hybridized carbons (Fsp3) is 0.0625. The SMILES string of the molecule is O=C1NC(=O)C(c2ccc(Oc3ccc(Cl)cc3)cc2)C(=O)N1. The van der Waals surface area contributed by atoms with E-state index in [4.69, 9.17) is 16.3 Å². The van der Waals surface area contributed by atoms with Gasteiger partial charge in [-0.15, -0.1) is 0 Å². The summed E-state index contributed by atoms with van der Waals surface area (Å²) in [5.41, 5.74) is 0.468. The maximum atomic E-state index is 11.8. The van der Waals surface area contributed by atoms with Crippen LogP contribution in [-0.4, -0.2) is 17.8 Å². The van der Waals surface area contributed by atoms with Gasteiger partial charge in [0.05, 0.1) is 0 Å². The summed E-state index contributed by atoms with van der Waals surface area (Å²) in [6, 6.07) is 12.5. The van der Waals surface area contributed by atoms with Crippen LogP contribution in [0.2, 0.25) is 5.02 Å². The van der Waals surface area contributed by atoms with Gasteiger partial charge in [0.15, 0.2) is 0 Å². The van der Waals surface area contributed by atoms with Crippen molar-refractivity contribution in [3.63, 3.8) is 0 Å². The van der Waals surface area contributed by atoms with Crippen molar-refractivity contribution in [1.29, 1.82) is 0 Å². The fourth-order valence-corrected chi connectivity index (χ4v) is 2.31. The Bertz CT molecular complexity index is 752. The third kappa shape index (κ3) is 3.32. The number of hydrogen-bond donors (Lipinski definition) is 2. The maximum absolute atomic E-state index is 11.8. The summed E-state index contributed by atoms with van der Waals surface area (Å²) >= 11 is 5.80. The Hall–Kier alpha value is -2.86. The number of urea groups is 1. The number of benzene rings is 2. The normalized spacial score (nSPS) is 15.1. The molecule has 1 fully saturated rings. The molecule has 1 aliphatic heterocycles. The summed E-state index contributed by atoms with van der Waals surface area (Å²) in [5.74, 6) is -1.20. The van der Waals surface area contributed by atoms with Crippen LogP contribution >= 0.6 is 11.6 Å². The maximum Gasteiger partial charge on any atom is 0.328 e. The molecule has 2 aromatic carbocycles. The van der Waals surface area contributed by atoms with Gasteiger partial charge in [-0.05, 0) is 42.0 Å². The number of carbonyl (C=O) groups excluding carboxylic acids is 3. The van der Waals surface area contributed by atoms with E-state index in [-0.39, 0.29) is 0 Å². The summed E-state index contributed by atoms with van der Waals surface area (Å²) in [6.45, 7) is 0. The minimum absolute atomic E-state index is 0.468. The van der Waals surface area contributed by atoms with Gasteiger partial charge in [-0.1, -0.05) is 23.7 Å². The lowest BCUT2D eigenvalue weighted by atomic mass is 9.96. The van der Waals surface area contributed by atoms with Crippen molar-refractivity contribution in [1.82, 2.24) is 10.6 Å². The molecule has 0 atom stereocenters. The zero-order valence-electron chi connectivity index (χ0n) is 11.7. The van der Waals surface area contributed by atoms with Gasteiger partial charge in [0.2, 0.25) is 11.8 Å². The molecule has 116 valence electrons. The third-order valence-electron chi connectivity index (χ3n) is 3.26. The second-order valence-electron chi connectivity index (χ2n) is 4.87. The molecular weight excluding hydrogens is 320 g/mol. The molecule has 0 spiro atoms. The molecule has 2 aromatic rings. The number of carbonyl (C=O) groups is 3. The van der Waals surface area contributed by atoms with Gasteiger partial charge in [0, 0.05) is 5.02 Å². The van der Waals surface area contributed by atoms with Gasteiger partial charge in [0.1, 0.15) is 17.4 Å². The number of barbiturate groups is 1. The monoisotopic (exact) mass is 330 g/mol. The van der Waals surface area contributed by atoms with Crippen LogP contribution in [0.25, 0.3) is 0 Å². The molecule has 0 aromatic heterocycles. The Morgan fingerprint density at radius 2 is 1.26 bits per heavy atom. The smallest absolute Gasteiger partial charge is 0.328 e. The summed E-state index contributed by atoms with van der Waals surface area (Å²) < 4.78 is 5.63. The molecule has 1 saturated heterocycles. The zero-order chi connectivity index (χ0) is 16.4. The van der Waals surface area contributed by atoms with Gasteiger partial charge in [-0.2, -0.15) is 0 Å². The van der Waals surface area contributed by atoms with E-state index in [9.17, 15) is 14.4 Å². The fourth-order valence-electron chi connectivity index (χ4n) is 2.19. The van der Waals surface area contributed by atoms with Gasteiger partial charge in [-0.25, -0.2) is 4.79 Å². The van der Waals surface area contributed by atoms with Crippen LogP contribution in [0.5, 0.6) is 11.5 Å². The molecule has 0 saturated carbocycles. The van der Waals surface area contributed by atoms with Crippen LogP contribution in [0, 0.1) is 0 Å². The van der Waals surface area contributed by atoms with Crippen molar-refractivity contribution in [3.05, 3.63) is 59.1 Å². The first-order chi connectivity index (χ1) is 11.0. The third-order valence-corrected chi connectivity index (χ3v) is 3.51. The molecule has 0 unspecified atom stereocenters. The van der Waals surface area contributed by atoms with E-state index in [0.717, 1.165) is 0 Å². The van der Waals surface area contributed by atoms with Crippen LogP contribution in [0.15, 0.2) is 48.5 Å². The molecule has 4 amide bonds. The Morgan fingerprint density at radius 3 is 1.78 bits per heavy atom. The number of hydrogen-bond acceptors (Lipinski definition) is 4. The lowest BCUT2D eigenvalue weighted by Gasteiger charge is -2.20. The topological polar surface area (TPSA) is 84.5 Å². The lowest BCUT2D eigenvalue weighted by molar-refractivity contribution is -0.132. The second-order valence-corrected chi connectivity index (χ2v) is 5.30. The molecule has 0 aliphatic carbocycles. The van der Waals surface area contributed by atoms with Crippen LogP contribution < -0.4 is 15.4 Å². The van der Waals surface area contributed by atoms with E-state index in [2.05, 4.69) is 10.6 Å². The summed E-state index contributed by atoms with van der Waals surface area (Å²) in [4.78, 5) is 34.6. The number of amides is 4. The van der Waals surface area contributed by atoms with E-state index in [1.165, 1.54) is 0 Å². The molecule has 1 aliphatic rings. The number of ether oxygens (including phenoxy) is 1. The number of nitrogens with one attached hydrogen (secondary N) is 2. The van der Waals surface area contributed by atoms with Crippen molar-refractivity contribution in [2.24, 2.45) is 0 Å². The van der Waals surface area contributed by atoms with E-state index >= 15 is 0 Å². The quantitative estimate of drug-likeness (QED) is 0.847. The first-order valence-corrected chi connectivity index (χ1v) is 7.10.